The molecule has 0 amide bonds. The molecular formula is C2H4B2Br2S. The second-order valence-electron chi connectivity index (χ2n) is 0.846. The molecule has 0 spiro atoms. The molecule has 0 aliphatic rings. The Labute approximate surface area is 66.6 Å². The second-order valence-corrected chi connectivity index (χ2v) is 3.22. The van der Waals surface area contributed by atoms with Gasteiger partial charge in [-0.25, -0.2) is 0 Å². The van der Waals surface area contributed by atoms with E-state index in [2.05, 4.69) is 31.5 Å². The lowest BCUT2D eigenvalue weighted by Crippen LogP contribution is -1.88. The van der Waals surface area contributed by atoms with Gasteiger partial charge in [0.25, 0.3) is 0 Å². The van der Waals surface area contributed by atoms with Crippen LogP contribution >= 0.6 is 43.3 Å². The molecule has 7 heavy (non-hydrogen) atoms. The lowest BCUT2D eigenvalue weighted by molar-refractivity contribution is 2.10. The van der Waals surface area contributed by atoms with Crippen molar-refractivity contribution < 1.29 is 0 Å². The standard InChI is InChI=1S/C2H4B2Br2S/c5-3-1-7-2-4-6/h1-2H2. The van der Waals surface area contributed by atoms with E-state index in [1.807, 2.05) is 24.0 Å². The fourth-order valence-electron chi connectivity index (χ4n) is 0.157. The van der Waals surface area contributed by atoms with Gasteiger partial charge in [0.05, 0.1) is 0 Å². The monoisotopic (exact) mass is 240 g/mol. The van der Waals surface area contributed by atoms with Crippen LogP contribution in [0.1, 0.15) is 0 Å². The van der Waals surface area contributed by atoms with Gasteiger partial charge >= 0.3 is 0 Å². The summed E-state index contributed by atoms with van der Waals surface area (Å²) in [5.41, 5.74) is 2.14. The van der Waals surface area contributed by atoms with Crippen LogP contribution in [-0.2, 0) is 0 Å². The summed E-state index contributed by atoms with van der Waals surface area (Å²) in [5.74, 6) is 0. The highest BCUT2D eigenvalue weighted by atomic mass is 79.9. The van der Waals surface area contributed by atoms with Crippen molar-refractivity contribution in [1.82, 2.24) is 0 Å². The Morgan fingerprint density at radius 3 is 1.86 bits per heavy atom. The van der Waals surface area contributed by atoms with Crippen LogP contribution in [0, 0.1) is 0 Å². The zero-order chi connectivity index (χ0) is 5.54. The summed E-state index contributed by atoms with van der Waals surface area (Å²) in [6.07, 6.45) is 3.93. The molecule has 0 heterocycles. The van der Waals surface area contributed by atoms with E-state index in [0.29, 0.717) is 0 Å². The van der Waals surface area contributed by atoms with Crippen LogP contribution in [0.4, 0.5) is 0 Å². The Morgan fingerprint density at radius 2 is 1.57 bits per heavy atom. The van der Waals surface area contributed by atoms with Crippen molar-refractivity contribution in [3.8, 4) is 0 Å². The minimum atomic E-state index is 1.07. The minimum Gasteiger partial charge on any atom is -0.177 e. The van der Waals surface area contributed by atoms with Crippen molar-refractivity contribution in [2.24, 2.45) is 0 Å². The second kappa shape index (κ2) is 7.44. The van der Waals surface area contributed by atoms with Gasteiger partial charge in [0, 0.05) is 0 Å². The highest BCUT2D eigenvalue weighted by molar-refractivity contribution is 9.23. The lowest BCUT2D eigenvalue weighted by atomic mass is 10.2. The molecule has 0 atom stereocenters. The molecule has 0 aliphatic carbocycles. The molecule has 0 N–H and O–H groups in total. The third-order valence-electron chi connectivity index (χ3n) is 0.362. The topological polar surface area (TPSA) is 0 Å². The SMILES string of the molecule is Br[B]CSC[B]Br. The van der Waals surface area contributed by atoms with Gasteiger partial charge < -0.3 is 0 Å². The lowest BCUT2D eigenvalue weighted by Gasteiger charge is -1.87. The van der Waals surface area contributed by atoms with Crippen LogP contribution in [0.3, 0.4) is 0 Å². The maximum Gasteiger partial charge on any atom is 0.216 e. The number of halogens is 2. The summed E-state index contributed by atoms with van der Waals surface area (Å²) in [6.45, 7) is 0. The first-order valence-electron chi connectivity index (χ1n) is 1.83. The zero-order valence-electron chi connectivity index (χ0n) is 3.73. The van der Waals surface area contributed by atoms with Crippen LogP contribution in [0.25, 0.3) is 0 Å². The van der Waals surface area contributed by atoms with E-state index >= 15 is 0 Å². The van der Waals surface area contributed by atoms with E-state index < -0.39 is 0 Å². The molecule has 0 rings (SSSR count). The predicted octanol–water partition coefficient (Wildman–Crippen LogP) is 1.66. The van der Waals surface area contributed by atoms with Gasteiger partial charge in [-0.15, -0.1) is 0 Å². The summed E-state index contributed by atoms with van der Waals surface area (Å²) < 4.78 is 0. The summed E-state index contributed by atoms with van der Waals surface area (Å²) in [7, 11) is 0. The van der Waals surface area contributed by atoms with Gasteiger partial charge in [-0.1, -0.05) is 0 Å². The first-order valence-corrected chi connectivity index (χ1v) is 4.82. The molecule has 0 saturated heterocycles. The van der Waals surface area contributed by atoms with E-state index in [-0.39, 0.29) is 0 Å². The van der Waals surface area contributed by atoms with E-state index in [1.165, 1.54) is 0 Å². The summed E-state index contributed by atoms with van der Waals surface area (Å²) >= 11 is 8.26. The first-order chi connectivity index (χ1) is 3.41. The van der Waals surface area contributed by atoms with Crippen LogP contribution in [0.15, 0.2) is 0 Å². The van der Waals surface area contributed by atoms with Crippen LogP contribution < -0.4 is 0 Å². The number of rotatable bonds is 4. The predicted molar refractivity (Wildman–Crippen MR) is 46.7 cm³/mol. The van der Waals surface area contributed by atoms with Crippen molar-refractivity contribution in [3.63, 3.8) is 0 Å². The molecule has 38 valence electrons. The van der Waals surface area contributed by atoms with Gasteiger partial charge in [-0.2, -0.15) is 43.3 Å². The van der Waals surface area contributed by atoms with Gasteiger partial charge in [-0.05, 0) is 11.3 Å². The van der Waals surface area contributed by atoms with E-state index in [0.717, 1.165) is 11.3 Å². The summed E-state index contributed by atoms with van der Waals surface area (Å²) in [5, 5.41) is 0. The molecule has 0 aliphatic heterocycles. The van der Waals surface area contributed by atoms with Gasteiger partial charge in [0.15, 0.2) is 0 Å². The van der Waals surface area contributed by atoms with Gasteiger partial charge in [-0.3, -0.25) is 0 Å². The molecule has 2 radical (unpaired) electrons. The number of hydrogen-bond donors (Lipinski definition) is 0. The molecule has 5 heteroatoms. The van der Waals surface area contributed by atoms with E-state index in [4.69, 9.17) is 0 Å². The summed E-state index contributed by atoms with van der Waals surface area (Å²) in [6, 6.07) is 0. The normalized spacial score (nSPS) is 8.29. The van der Waals surface area contributed by atoms with Crippen molar-refractivity contribution in [2.75, 3.05) is 11.3 Å². The third kappa shape index (κ3) is 7.44. The fourth-order valence-corrected chi connectivity index (χ4v) is 1.59. The maximum atomic E-state index is 3.20. The maximum absolute atomic E-state index is 3.20. The Morgan fingerprint density at radius 1 is 1.14 bits per heavy atom. The van der Waals surface area contributed by atoms with Crippen LogP contribution in [-0.4, -0.2) is 23.5 Å². The molecule has 0 bridgehead atoms. The van der Waals surface area contributed by atoms with Crippen LogP contribution in [0.2, 0.25) is 0 Å². The molecule has 0 aromatic rings. The third-order valence-corrected chi connectivity index (χ3v) is 2.67. The Balaban J connectivity index is 2.45. The quantitative estimate of drug-likeness (QED) is 0.533. The van der Waals surface area contributed by atoms with Crippen LogP contribution in [0.5, 0.6) is 0 Å². The molecule has 0 fully saturated rings. The molecule has 0 aromatic carbocycles. The molecular weight excluding hydrogens is 238 g/mol. The largest absolute Gasteiger partial charge is 0.216 e. The van der Waals surface area contributed by atoms with E-state index in [9.17, 15) is 0 Å². The average molecular weight is 242 g/mol. The first kappa shape index (κ1) is 8.44. The van der Waals surface area contributed by atoms with Crippen molar-refractivity contribution in [1.29, 1.82) is 0 Å². The summed E-state index contributed by atoms with van der Waals surface area (Å²) in [4.78, 5) is 0. The van der Waals surface area contributed by atoms with Crippen molar-refractivity contribution in [2.45, 2.75) is 0 Å². The fraction of sp³-hybridized carbons (Fsp3) is 1.00. The van der Waals surface area contributed by atoms with Crippen molar-refractivity contribution in [3.05, 3.63) is 0 Å². The Bertz CT molecular complexity index is 32.9. The molecule has 0 nitrogen and oxygen atoms in total. The average Bonchev–Trinajstić information content (AvgIpc) is 1.69. The Hall–Kier alpha value is 1.44. The van der Waals surface area contributed by atoms with Crippen molar-refractivity contribution >= 4 is 55.5 Å². The number of thioether (sulfide) groups is 1. The minimum absolute atomic E-state index is 1.07. The smallest absolute Gasteiger partial charge is 0.177 e. The highest BCUT2D eigenvalue weighted by Crippen LogP contribution is 1.98. The highest BCUT2D eigenvalue weighted by Gasteiger charge is 1.85. The Kier molecular flexibility index (Phi) is 8.97. The molecule has 0 unspecified atom stereocenters. The molecule has 0 saturated carbocycles. The number of hydrogen-bond acceptors (Lipinski definition) is 1. The molecule has 0 aromatic heterocycles. The zero-order valence-corrected chi connectivity index (χ0v) is 7.72. The van der Waals surface area contributed by atoms with E-state index in [1.54, 1.807) is 0 Å². The van der Waals surface area contributed by atoms with Gasteiger partial charge in [0.1, 0.15) is 0 Å². The van der Waals surface area contributed by atoms with Gasteiger partial charge in [0.2, 0.25) is 12.2 Å².